The molecule has 1 aromatic heterocycles. The van der Waals surface area contributed by atoms with Crippen LogP contribution in [0.1, 0.15) is 76.4 Å². The minimum Gasteiger partial charge on any atom is -0.347 e. The number of fused-ring (bicyclic) bond motifs is 1. The highest BCUT2D eigenvalue weighted by Crippen LogP contribution is 2.42. The zero-order valence-corrected chi connectivity index (χ0v) is 30.2. The Kier molecular flexibility index (Phi) is 13.9. The molecule has 4 N–H and O–H groups in total. The molecule has 2 aliphatic rings. The van der Waals surface area contributed by atoms with E-state index in [-0.39, 0.29) is 30.0 Å². The molecule has 1 saturated heterocycles. The van der Waals surface area contributed by atoms with E-state index in [0.717, 1.165) is 18.4 Å². The number of nitrogens with one attached hydrogen (secondary N) is 4. The van der Waals surface area contributed by atoms with Crippen LogP contribution < -0.4 is 21.3 Å². The number of carbonyl (C=O) groups excluding carboxylic acids is 6. The first kappa shape index (κ1) is 40.0. The van der Waals surface area contributed by atoms with E-state index in [0.29, 0.717) is 12.8 Å². The molecule has 2 heterocycles. The fraction of sp³-hybridized carbons (Fsp3) is 0.568. The van der Waals surface area contributed by atoms with Crippen LogP contribution >= 0.6 is 0 Å². The first-order valence-corrected chi connectivity index (χ1v) is 17.8. The van der Waals surface area contributed by atoms with Crippen LogP contribution in [0.4, 0.5) is 8.78 Å². The normalized spacial score (nSPS) is 20.5. The lowest BCUT2D eigenvalue weighted by molar-refractivity contribution is -0.145. The number of carbonyl (C=O) groups is 6. The molecule has 52 heavy (non-hydrogen) atoms. The number of ketones is 1. The third-order valence-corrected chi connectivity index (χ3v) is 9.74. The van der Waals surface area contributed by atoms with Gasteiger partial charge in [-0.3, -0.25) is 33.8 Å². The quantitative estimate of drug-likeness (QED) is 0.191. The van der Waals surface area contributed by atoms with Gasteiger partial charge in [0.2, 0.25) is 29.9 Å². The van der Waals surface area contributed by atoms with Gasteiger partial charge in [0.1, 0.15) is 29.9 Å². The highest BCUT2D eigenvalue weighted by Gasteiger charge is 2.51. The molecule has 3 unspecified atom stereocenters. The Balaban J connectivity index is 1.49. The van der Waals surface area contributed by atoms with Crippen LogP contribution in [-0.4, -0.2) is 93.4 Å². The number of hydrogen-bond donors (Lipinski definition) is 4. The van der Waals surface area contributed by atoms with Crippen molar-refractivity contribution in [3.8, 4) is 0 Å². The maximum atomic E-state index is 14.3. The monoisotopic (exact) mass is 725 g/mol. The molecular formula is C37H49F2N7O6. The molecule has 0 radical (unpaired) electrons. The smallest absolute Gasteiger partial charge is 0.289 e. The summed E-state index contributed by atoms with van der Waals surface area (Å²) >= 11 is 0. The first-order chi connectivity index (χ1) is 24.7. The Morgan fingerprint density at radius 2 is 1.56 bits per heavy atom. The molecule has 7 atom stereocenters. The number of rotatable bonds is 16. The molecule has 1 aliphatic carbocycles. The van der Waals surface area contributed by atoms with Gasteiger partial charge in [0.05, 0.1) is 6.20 Å². The molecule has 0 spiro atoms. The van der Waals surface area contributed by atoms with Gasteiger partial charge in [-0.15, -0.1) is 0 Å². The minimum atomic E-state index is -3.01. The summed E-state index contributed by atoms with van der Waals surface area (Å²) in [6.07, 6.45) is 2.46. The number of halogens is 2. The Morgan fingerprint density at radius 1 is 0.865 bits per heavy atom. The summed E-state index contributed by atoms with van der Waals surface area (Å²) in [4.78, 5) is 90.1. The van der Waals surface area contributed by atoms with Crippen molar-refractivity contribution < 1.29 is 37.5 Å². The van der Waals surface area contributed by atoms with E-state index < -0.39 is 84.3 Å². The third kappa shape index (κ3) is 10.2. The second-order valence-corrected chi connectivity index (χ2v) is 14.4. The van der Waals surface area contributed by atoms with E-state index in [4.69, 9.17) is 0 Å². The van der Waals surface area contributed by atoms with Crippen molar-refractivity contribution in [1.29, 1.82) is 0 Å². The van der Waals surface area contributed by atoms with Crippen molar-refractivity contribution in [2.75, 3.05) is 6.54 Å². The molecular weight excluding hydrogens is 676 g/mol. The molecule has 5 amide bonds. The Morgan fingerprint density at radius 3 is 2.17 bits per heavy atom. The number of benzene rings is 1. The molecule has 0 bridgehead atoms. The number of aromatic nitrogens is 2. The molecule has 2 fully saturated rings. The number of Topliss-reactive ketones (excluding diaryl/α,β-unsaturated/α-hetero) is 1. The lowest BCUT2D eigenvalue weighted by Crippen LogP contribution is -2.60. The largest absolute Gasteiger partial charge is 0.347 e. The molecule has 1 aromatic carbocycles. The molecule has 1 aliphatic heterocycles. The fourth-order valence-corrected chi connectivity index (χ4v) is 7.11. The first-order valence-electron chi connectivity index (χ1n) is 17.8. The topological polar surface area (TPSA) is 180 Å². The van der Waals surface area contributed by atoms with E-state index >= 15 is 0 Å². The highest BCUT2D eigenvalue weighted by atomic mass is 19.3. The molecule has 2 aromatic rings. The van der Waals surface area contributed by atoms with Gasteiger partial charge in [-0.2, -0.15) is 0 Å². The van der Waals surface area contributed by atoms with Gasteiger partial charge in [-0.1, -0.05) is 64.4 Å². The predicted molar refractivity (Wildman–Crippen MR) is 187 cm³/mol. The number of hydrogen-bond acceptors (Lipinski definition) is 8. The molecule has 13 nitrogen and oxygen atoms in total. The van der Waals surface area contributed by atoms with E-state index in [9.17, 15) is 37.5 Å². The zero-order chi connectivity index (χ0) is 38.1. The van der Waals surface area contributed by atoms with Gasteiger partial charge in [-0.05, 0) is 55.4 Å². The van der Waals surface area contributed by atoms with Crippen molar-refractivity contribution in [1.82, 2.24) is 36.1 Å². The summed E-state index contributed by atoms with van der Waals surface area (Å²) in [6.45, 7) is 8.80. The van der Waals surface area contributed by atoms with Crippen molar-refractivity contribution in [2.45, 2.75) is 103 Å². The summed E-state index contributed by atoms with van der Waals surface area (Å²) in [5.41, 5.74) is 0.914. The number of nitrogens with zero attached hydrogens (tertiary/aromatic N) is 3. The van der Waals surface area contributed by atoms with Crippen molar-refractivity contribution in [3.05, 3.63) is 60.2 Å². The Hall–Kier alpha value is -4.82. The number of alkyl halides is 2. The molecule has 282 valence electrons. The number of amides is 5. The minimum absolute atomic E-state index is 0.0118. The van der Waals surface area contributed by atoms with Gasteiger partial charge < -0.3 is 26.2 Å². The highest BCUT2D eigenvalue weighted by molar-refractivity contribution is 6.38. The second-order valence-electron chi connectivity index (χ2n) is 14.4. The standard InChI is InChI=1S/C37H49F2N7O6/c1-20(2)29(44-33(48)27-18-40-14-15-41-27)34(49)45-30(21(3)4)37(52)46-19-24-12-9-13-25(24)31(46)35(50)43-26(17-28(38)39)32(47)36(51)42-22(5)16-23-10-7-6-8-11-23/h6-8,10-11,14-15,18,20-22,24-26,28-31H,9,12-13,16-17,19H2,1-5H3,(H,42,51)(H,43,50)(H,44,48)(H,45,49)/t22-,24?,25?,26?,29-,30-,31-/m0/s1. The van der Waals surface area contributed by atoms with Crippen LogP contribution in [0.25, 0.3) is 0 Å². The fourth-order valence-electron chi connectivity index (χ4n) is 7.11. The average molecular weight is 726 g/mol. The zero-order valence-electron chi connectivity index (χ0n) is 30.2. The van der Waals surface area contributed by atoms with E-state index in [1.165, 1.54) is 23.5 Å². The molecule has 4 rings (SSSR count). The lowest BCUT2D eigenvalue weighted by Gasteiger charge is -2.34. The van der Waals surface area contributed by atoms with Crippen LogP contribution in [-0.2, 0) is 30.4 Å². The maximum absolute atomic E-state index is 14.3. The van der Waals surface area contributed by atoms with Gasteiger partial charge in [0.25, 0.3) is 11.8 Å². The second kappa shape index (κ2) is 18.1. The van der Waals surface area contributed by atoms with Gasteiger partial charge in [0, 0.05) is 31.4 Å². The lowest BCUT2D eigenvalue weighted by atomic mass is 9.92. The van der Waals surface area contributed by atoms with Crippen LogP contribution in [0, 0.1) is 23.7 Å². The summed E-state index contributed by atoms with van der Waals surface area (Å²) in [5.74, 6) is -6.07. The van der Waals surface area contributed by atoms with Gasteiger partial charge in [0.15, 0.2) is 0 Å². The van der Waals surface area contributed by atoms with E-state index in [2.05, 4.69) is 31.2 Å². The maximum Gasteiger partial charge on any atom is 0.289 e. The Labute approximate surface area is 302 Å². The average Bonchev–Trinajstić information content (AvgIpc) is 3.70. The summed E-state index contributed by atoms with van der Waals surface area (Å²) < 4.78 is 27.5. The number of likely N-dealkylation sites (tertiary alicyclic amines) is 1. The Bertz CT molecular complexity index is 1580. The molecule has 15 heteroatoms. The summed E-state index contributed by atoms with van der Waals surface area (Å²) in [7, 11) is 0. The van der Waals surface area contributed by atoms with Gasteiger partial charge in [-0.25, -0.2) is 13.8 Å². The summed E-state index contributed by atoms with van der Waals surface area (Å²) in [6, 6.07) is 3.64. The van der Waals surface area contributed by atoms with Crippen LogP contribution in [0.2, 0.25) is 0 Å². The van der Waals surface area contributed by atoms with E-state index in [1.54, 1.807) is 34.6 Å². The SMILES string of the molecule is CC(C)[C@H](NC(=O)c1cnccn1)C(=O)N[C@H](C(=O)N1CC2CCCC2[C@H]1C(=O)NC(CC(F)F)C(=O)C(=O)N[C@@H](C)Cc1ccccc1)C(C)C. The predicted octanol–water partition coefficient (Wildman–Crippen LogP) is 2.46. The van der Waals surface area contributed by atoms with Crippen LogP contribution in [0.5, 0.6) is 0 Å². The van der Waals surface area contributed by atoms with E-state index in [1.807, 2.05) is 30.3 Å². The van der Waals surface area contributed by atoms with Crippen LogP contribution in [0.3, 0.4) is 0 Å². The third-order valence-electron chi connectivity index (χ3n) is 9.74. The summed E-state index contributed by atoms with van der Waals surface area (Å²) in [5, 5.41) is 10.4. The molecule has 1 saturated carbocycles. The van der Waals surface area contributed by atoms with Crippen molar-refractivity contribution in [2.24, 2.45) is 23.7 Å². The van der Waals surface area contributed by atoms with Crippen molar-refractivity contribution in [3.63, 3.8) is 0 Å². The van der Waals surface area contributed by atoms with Crippen LogP contribution in [0.15, 0.2) is 48.9 Å². The van der Waals surface area contributed by atoms with Crippen molar-refractivity contribution >= 4 is 35.3 Å². The van der Waals surface area contributed by atoms with Gasteiger partial charge >= 0.3 is 0 Å².